The Hall–Kier alpha value is -0.623. The molecular formula is C16H19ClPSi. The molecule has 1 unspecified atom stereocenters. The van der Waals surface area contributed by atoms with Crippen LogP contribution in [-0.2, 0) is 0 Å². The topological polar surface area (TPSA) is 0 Å². The third-order valence-electron chi connectivity index (χ3n) is 3.19. The molecule has 0 aliphatic heterocycles. The lowest BCUT2D eigenvalue weighted by Gasteiger charge is -2.29. The summed E-state index contributed by atoms with van der Waals surface area (Å²) in [4.78, 5) is 0. The molecule has 0 saturated heterocycles. The van der Waals surface area contributed by atoms with E-state index >= 15 is 0 Å². The van der Waals surface area contributed by atoms with E-state index in [1.54, 1.807) is 0 Å². The van der Waals surface area contributed by atoms with Crippen molar-refractivity contribution in [3.05, 3.63) is 60.7 Å². The number of hydrogen-bond donors (Lipinski definition) is 0. The Morgan fingerprint density at radius 1 is 0.895 bits per heavy atom. The fraction of sp³-hybridized carbons (Fsp3) is 0.250. The summed E-state index contributed by atoms with van der Waals surface area (Å²) < 4.78 is 0. The van der Waals surface area contributed by atoms with Gasteiger partial charge in [-0.2, -0.15) is 0 Å². The van der Waals surface area contributed by atoms with Crippen LogP contribution in [0.15, 0.2) is 60.7 Å². The van der Waals surface area contributed by atoms with Gasteiger partial charge in [0.05, 0.1) is 8.80 Å². The van der Waals surface area contributed by atoms with E-state index in [9.17, 15) is 0 Å². The molecule has 0 aliphatic carbocycles. The van der Waals surface area contributed by atoms with Crippen LogP contribution in [-0.4, -0.2) is 20.0 Å². The number of halogens is 1. The molecule has 2 aromatic rings. The van der Waals surface area contributed by atoms with Crippen molar-refractivity contribution in [3.63, 3.8) is 0 Å². The molecule has 0 heterocycles. The van der Waals surface area contributed by atoms with Gasteiger partial charge in [-0.15, -0.1) is 11.6 Å². The largest absolute Gasteiger partial charge is 0.126 e. The van der Waals surface area contributed by atoms with E-state index in [1.165, 1.54) is 10.6 Å². The van der Waals surface area contributed by atoms with Crippen molar-refractivity contribution in [2.45, 2.75) is 18.4 Å². The van der Waals surface area contributed by atoms with Gasteiger partial charge < -0.3 is 0 Å². The second-order valence-corrected chi connectivity index (χ2v) is 10.8. The summed E-state index contributed by atoms with van der Waals surface area (Å²) in [6.07, 6.45) is 0. The first-order valence-corrected chi connectivity index (χ1v) is 11.0. The molecule has 2 rings (SSSR count). The first-order valence-electron chi connectivity index (χ1n) is 6.49. The van der Waals surface area contributed by atoms with E-state index in [4.69, 9.17) is 11.6 Å². The van der Waals surface area contributed by atoms with Gasteiger partial charge in [0.25, 0.3) is 0 Å². The van der Waals surface area contributed by atoms with Crippen LogP contribution < -0.4 is 10.6 Å². The highest BCUT2D eigenvalue weighted by molar-refractivity contribution is 7.75. The molecule has 99 valence electrons. The zero-order chi connectivity index (χ0) is 13.7. The molecule has 0 aliphatic rings. The summed E-state index contributed by atoms with van der Waals surface area (Å²) in [6, 6.07) is 21.7. The highest BCUT2D eigenvalue weighted by atomic mass is 35.5. The van der Waals surface area contributed by atoms with Crippen molar-refractivity contribution in [3.8, 4) is 0 Å². The van der Waals surface area contributed by atoms with E-state index in [0.29, 0.717) is 5.28 Å². The Balaban J connectivity index is 2.45. The average Bonchev–Trinajstić information content (AvgIpc) is 2.46. The molecule has 0 fully saturated rings. The standard InChI is InChI=1S/C16H19ClPSi/c1-19(2)16(13-17)18(14-9-5-3-6-10-14)15-11-7-4-8-12-15/h3-12,16H,13H2,1-2H3. The number of benzene rings is 2. The Labute approximate surface area is 124 Å². The average molecular weight is 306 g/mol. The van der Waals surface area contributed by atoms with Gasteiger partial charge in [-0.25, -0.2) is 0 Å². The molecule has 0 saturated carbocycles. The number of alkyl halides is 1. The van der Waals surface area contributed by atoms with E-state index in [2.05, 4.69) is 73.8 Å². The highest BCUT2D eigenvalue weighted by Gasteiger charge is 2.26. The van der Waals surface area contributed by atoms with Gasteiger partial charge in [-0.1, -0.05) is 73.8 Å². The fourth-order valence-corrected chi connectivity index (χ4v) is 8.92. The predicted octanol–water partition coefficient (Wildman–Crippen LogP) is 4.02. The minimum atomic E-state index is -0.420. The minimum Gasteiger partial charge on any atom is -0.126 e. The molecule has 3 heteroatoms. The van der Waals surface area contributed by atoms with Gasteiger partial charge >= 0.3 is 0 Å². The van der Waals surface area contributed by atoms with Gasteiger partial charge in [-0.3, -0.25) is 0 Å². The second kappa shape index (κ2) is 7.24. The zero-order valence-corrected chi connectivity index (χ0v) is 14.0. The maximum absolute atomic E-state index is 6.30. The Bertz CT molecular complexity index is 447. The normalized spacial score (nSPS) is 12.9. The smallest absolute Gasteiger partial charge is 0.0520 e. The Morgan fingerprint density at radius 3 is 1.63 bits per heavy atom. The quantitative estimate of drug-likeness (QED) is 0.445. The minimum absolute atomic E-state index is 0.341. The Kier molecular flexibility index (Phi) is 5.63. The van der Waals surface area contributed by atoms with Crippen LogP contribution in [0.3, 0.4) is 0 Å². The van der Waals surface area contributed by atoms with Crippen LogP contribution in [0.2, 0.25) is 13.1 Å². The van der Waals surface area contributed by atoms with Crippen molar-refractivity contribution in [2.75, 3.05) is 5.88 Å². The van der Waals surface area contributed by atoms with Crippen LogP contribution in [0.4, 0.5) is 0 Å². The van der Waals surface area contributed by atoms with Crippen LogP contribution in [0, 0.1) is 0 Å². The summed E-state index contributed by atoms with van der Waals surface area (Å²) in [5.74, 6) is 0.761. The van der Waals surface area contributed by atoms with Crippen molar-refractivity contribution >= 4 is 38.9 Å². The lowest BCUT2D eigenvalue weighted by atomic mass is 10.4. The van der Waals surface area contributed by atoms with Gasteiger partial charge in [0.2, 0.25) is 0 Å². The third-order valence-corrected chi connectivity index (χ3v) is 10.4. The van der Waals surface area contributed by atoms with Crippen molar-refractivity contribution < 1.29 is 0 Å². The van der Waals surface area contributed by atoms with Gasteiger partial charge in [0.1, 0.15) is 0 Å². The Morgan fingerprint density at radius 2 is 1.32 bits per heavy atom. The van der Waals surface area contributed by atoms with E-state index in [0.717, 1.165) is 5.88 Å². The monoisotopic (exact) mass is 305 g/mol. The molecule has 19 heavy (non-hydrogen) atoms. The molecule has 0 nitrogen and oxygen atoms in total. The van der Waals surface area contributed by atoms with Gasteiger partial charge in [0.15, 0.2) is 0 Å². The molecule has 0 aromatic heterocycles. The van der Waals surface area contributed by atoms with E-state index in [-0.39, 0.29) is 7.92 Å². The van der Waals surface area contributed by atoms with Crippen molar-refractivity contribution in [1.82, 2.24) is 0 Å². The number of hydrogen-bond acceptors (Lipinski definition) is 0. The van der Waals surface area contributed by atoms with E-state index < -0.39 is 8.80 Å². The molecule has 0 spiro atoms. The summed E-state index contributed by atoms with van der Waals surface area (Å²) in [6.45, 7) is 4.75. The van der Waals surface area contributed by atoms with Gasteiger partial charge in [-0.05, 0) is 23.8 Å². The number of rotatable bonds is 5. The van der Waals surface area contributed by atoms with Crippen molar-refractivity contribution in [2.24, 2.45) is 0 Å². The molecule has 0 N–H and O–H groups in total. The molecule has 0 amide bonds. The van der Waals surface area contributed by atoms with Crippen LogP contribution >= 0.6 is 19.5 Å². The summed E-state index contributed by atoms with van der Waals surface area (Å²) in [5, 5.41) is 3.51. The molecular weight excluding hydrogens is 287 g/mol. The fourth-order valence-electron chi connectivity index (χ4n) is 2.17. The molecule has 1 atom stereocenters. The predicted molar refractivity (Wildman–Crippen MR) is 91.1 cm³/mol. The first kappa shape index (κ1) is 14.8. The van der Waals surface area contributed by atoms with Crippen LogP contribution in [0.25, 0.3) is 0 Å². The third kappa shape index (κ3) is 3.69. The summed E-state index contributed by atoms with van der Waals surface area (Å²) >= 11 is 6.30. The summed E-state index contributed by atoms with van der Waals surface area (Å²) in [7, 11) is -0.760. The molecule has 0 bridgehead atoms. The first-order chi connectivity index (χ1) is 9.24. The van der Waals surface area contributed by atoms with E-state index in [1.807, 2.05) is 0 Å². The van der Waals surface area contributed by atoms with Gasteiger partial charge in [0, 0.05) is 5.88 Å². The lowest BCUT2D eigenvalue weighted by molar-refractivity contribution is 1.34. The van der Waals surface area contributed by atoms with Crippen LogP contribution in [0.1, 0.15) is 0 Å². The molecule has 1 radical (unpaired) electrons. The maximum atomic E-state index is 6.30. The van der Waals surface area contributed by atoms with Crippen LogP contribution in [0.5, 0.6) is 0 Å². The zero-order valence-electron chi connectivity index (χ0n) is 11.4. The summed E-state index contributed by atoms with van der Waals surface area (Å²) in [5.41, 5.74) is 0. The SMILES string of the molecule is C[Si](C)C(CCl)P(c1ccccc1)c1ccccc1. The second-order valence-electron chi connectivity index (χ2n) is 4.79. The lowest BCUT2D eigenvalue weighted by Crippen LogP contribution is -2.32. The maximum Gasteiger partial charge on any atom is 0.0520 e. The van der Waals surface area contributed by atoms with Crippen molar-refractivity contribution in [1.29, 1.82) is 0 Å². The molecule has 2 aromatic carbocycles. The highest BCUT2D eigenvalue weighted by Crippen LogP contribution is 2.41.